The number of thioether (sulfide) groups is 1. The Morgan fingerprint density at radius 1 is 1.34 bits per heavy atom. The first-order valence-corrected chi connectivity index (χ1v) is 11.3. The largest absolute Gasteiger partial charge is 0.463 e. The Kier molecular flexibility index (Phi) is 6.14. The third kappa shape index (κ3) is 4.27. The summed E-state index contributed by atoms with van der Waals surface area (Å²) in [5.41, 5.74) is 4.51. The number of hydrogen-bond donors (Lipinski definition) is 2. The summed E-state index contributed by atoms with van der Waals surface area (Å²) in [7, 11) is 3.25. The average molecular weight is 501 g/mol. The van der Waals surface area contributed by atoms with E-state index in [9.17, 15) is 14.0 Å². The van der Waals surface area contributed by atoms with E-state index in [1.807, 2.05) is 0 Å². The van der Waals surface area contributed by atoms with Crippen molar-refractivity contribution >= 4 is 34.4 Å². The van der Waals surface area contributed by atoms with E-state index in [-0.39, 0.29) is 40.5 Å². The van der Waals surface area contributed by atoms with Gasteiger partial charge < -0.3 is 20.7 Å². The summed E-state index contributed by atoms with van der Waals surface area (Å²) in [6.45, 7) is 1.60. The third-order valence-corrected chi connectivity index (χ3v) is 7.27. The third-order valence-electron chi connectivity index (χ3n) is 5.98. The molecule has 0 radical (unpaired) electrons. The standard InChI is InChI=1S/C23H22F2N6O3S/c1-5-6-34-17-11-27-15(10-28-17)19(32)29-12-7-13(18(25)14(24)8-12)22(2)16-9-23(16,20(33)31(3)4)35-21(26)30-22/h1,7-8,10-11,16H,6,9H2,2-4H3,(H2,26,30)(H,29,32)/t16-,22+,23-/m0/s1. The van der Waals surface area contributed by atoms with Crippen LogP contribution in [0, 0.1) is 29.9 Å². The van der Waals surface area contributed by atoms with Crippen LogP contribution in [0.3, 0.4) is 0 Å². The molecular weight excluding hydrogens is 478 g/mol. The quantitative estimate of drug-likeness (QED) is 0.583. The zero-order chi connectivity index (χ0) is 25.5. The summed E-state index contributed by atoms with van der Waals surface area (Å²) in [5.74, 6) is -1.18. The van der Waals surface area contributed by atoms with Crippen molar-refractivity contribution in [1.29, 1.82) is 0 Å². The van der Waals surface area contributed by atoms with Crippen LogP contribution in [-0.2, 0) is 10.3 Å². The van der Waals surface area contributed by atoms with Crippen molar-refractivity contribution < 1.29 is 23.1 Å². The molecular formula is C23H22F2N6O3S. The number of fused-ring (bicyclic) bond motifs is 1. The SMILES string of the molecule is C#CCOc1cnc(C(=O)Nc2cc(F)c(F)c([C@@]3(C)N=C(N)S[C@@]4(C(=O)N(C)C)C[C@H]43)c2)cn1. The van der Waals surface area contributed by atoms with Crippen molar-refractivity contribution in [2.45, 2.75) is 23.6 Å². The number of aromatic nitrogens is 2. The number of nitrogens with two attached hydrogens (primary N) is 1. The smallest absolute Gasteiger partial charge is 0.275 e. The number of nitrogens with zero attached hydrogens (tertiary/aromatic N) is 4. The second-order valence-corrected chi connectivity index (χ2v) is 9.90. The molecule has 2 aromatic rings. The van der Waals surface area contributed by atoms with Crippen LogP contribution >= 0.6 is 11.8 Å². The summed E-state index contributed by atoms with van der Waals surface area (Å²) in [6.07, 6.45) is 7.90. The fraction of sp³-hybridized carbons (Fsp3) is 0.348. The van der Waals surface area contributed by atoms with Crippen molar-refractivity contribution in [3.8, 4) is 18.2 Å². The first-order valence-electron chi connectivity index (χ1n) is 10.5. The number of carbonyl (C=O) groups is 2. The summed E-state index contributed by atoms with van der Waals surface area (Å²) in [5, 5.41) is 2.60. The number of ether oxygens (including phenoxy) is 1. The minimum atomic E-state index is -1.32. The van der Waals surface area contributed by atoms with E-state index in [4.69, 9.17) is 16.9 Å². The molecule has 2 amide bonds. The molecule has 0 bridgehead atoms. The second-order valence-electron chi connectivity index (χ2n) is 8.55. The first-order chi connectivity index (χ1) is 16.5. The van der Waals surface area contributed by atoms with E-state index in [0.717, 1.165) is 24.0 Å². The van der Waals surface area contributed by atoms with E-state index in [1.165, 1.54) is 17.2 Å². The minimum absolute atomic E-state index is 0.00938. The van der Waals surface area contributed by atoms with Gasteiger partial charge in [0.15, 0.2) is 23.4 Å². The van der Waals surface area contributed by atoms with Gasteiger partial charge in [-0.15, -0.1) is 6.42 Å². The van der Waals surface area contributed by atoms with Crippen molar-refractivity contribution in [2.75, 3.05) is 26.0 Å². The second kappa shape index (κ2) is 8.81. The molecule has 1 aliphatic heterocycles. The maximum atomic E-state index is 15.1. The fourth-order valence-corrected chi connectivity index (χ4v) is 5.78. The molecule has 0 spiro atoms. The predicted molar refractivity (Wildman–Crippen MR) is 127 cm³/mol. The number of carbonyl (C=O) groups excluding carboxylic acids is 2. The lowest BCUT2D eigenvalue weighted by molar-refractivity contribution is -0.129. The fourth-order valence-electron chi connectivity index (χ4n) is 4.28. The molecule has 9 nitrogen and oxygen atoms in total. The molecule has 35 heavy (non-hydrogen) atoms. The number of hydrogen-bond acceptors (Lipinski definition) is 8. The Morgan fingerprint density at radius 3 is 2.71 bits per heavy atom. The van der Waals surface area contributed by atoms with Crippen molar-refractivity contribution in [2.24, 2.45) is 16.6 Å². The predicted octanol–water partition coefficient (Wildman–Crippen LogP) is 2.14. The maximum absolute atomic E-state index is 15.1. The molecule has 0 unspecified atom stereocenters. The topological polar surface area (TPSA) is 123 Å². The Balaban J connectivity index is 1.64. The first kappa shape index (κ1) is 24.4. The number of benzene rings is 1. The van der Waals surface area contributed by atoms with E-state index >= 15 is 4.39 Å². The van der Waals surface area contributed by atoms with Crippen molar-refractivity contribution in [1.82, 2.24) is 14.9 Å². The van der Waals surface area contributed by atoms with Gasteiger partial charge in [0.2, 0.25) is 11.8 Å². The Bertz CT molecular complexity index is 1280. The van der Waals surface area contributed by atoms with Gasteiger partial charge in [0.1, 0.15) is 10.4 Å². The van der Waals surface area contributed by atoms with E-state index in [2.05, 4.69) is 26.2 Å². The highest BCUT2D eigenvalue weighted by Crippen LogP contribution is 2.66. The van der Waals surface area contributed by atoms with Crippen LogP contribution in [0.2, 0.25) is 0 Å². The van der Waals surface area contributed by atoms with Crippen molar-refractivity contribution in [3.63, 3.8) is 0 Å². The zero-order valence-electron chi connectivity index (χ0n) is 19.1. The van der Waals surface area contributed by atoms with E-state index < -0.39 is 33.7 Å². The molecule has 1 saturated carbocycles. The number of amides is 2. The van der Waals surface area contributed by atoms with E-state index in [1.54, 1.807) is 21.0 Å². The summed E-state index contributed by atoms with van der Waals surface area (Å²) < 4.78 is 33.9. The van der Waals surface area contributed by atoms with Gasteiger partial charge in [-0.3, -0.25) is 14.6 Å². The molecule has 1 aromatic carbocycles. The molecule has 1 fully saturated rings. The molecule has 1 aromatic heterocycles. The maximum Gasteiger partial charge on any atom is 0.275 e. The van der Waals surface area contributed by atoms with Crippen molar-refractivity contribution in [3.05, 3.63) is 47.4 Å². The van der Waals surface area contributed by atoms with Gasteiger partial charge in [0.05, 0.1) is 17.9 Å². The van der Waals surface area contributed by atoms with Crippen LogP contribution in [-0.4, -0.2) is 57.3 Å². The molecule has 2 heterocycles. The van der Waals surface area contributed by atoms with Gasteiger partial charge in [-0.2, -0.15) is 0 Å². The minimum Gasteiger partial charge on any atom is -0.463 e. The molecule has 3 atom stereocenters. The normalized spacial score (nSPS) is 24.5. The van der Waals surface area contributed by atoms with Crippen LogP contribution < -0.4 is 15.8 Å². The van der Waals surface area contributed by atoms with Gasteiger partial charge in [0.25, 0.3) is 5.91 Å². The highest BCUT2D eigenvalue weighted by molar-refractivity contribution is 8.15. The molecule has 0 saturated heterocycles. The number of halogens is 2. The number of amidine groups is 1. The van der Waals surface area contributed by atoms with Crippen LogP contribution in [0.4, 0.5) is 14.5 Å². The zero-order valence-corrected chi connectivity index (χ0v) is 19.9. The van der Waals surface area contributed by atoms with Crippen LogP contribution in [0.15, 0.2) is 29.5 Å². The lowest BCUT2D eigenvalue weighted by Crippen LogP contribution is -2.43. The van der Waals surface area contributed by atoms with E-state index in [0.29, 0.717) is 6.42 Å². The summed E-state index contributed by atoms with van der Waals surface area (Å²) >= 11 is 1.14. The molecule has 4 rings (SSSR count). The number of aliphatic imine (C=N–C) groups is 1. The lowest BCUT2D eigenvalue weighted by atomic mass is 9.85. The van der Waals surface area contributed by atoms with Gasteiger partial charge in [0, 0.05) is 37.3 Å². The molecule has 1 aliphatic carbocycles. The van der Waals surface area contributed by atoms with Crippen LogP contribution in [0.25, 0.3) is 0 Å². The van der Waals surface area contributed by atoms with Gasteiger partial charge in [-0.1, -0.05) is 17.7 Å². The molecule has 182 valence electrons. The highest BCUT2D eigenvalue weighted by Gasteiger charge is 2.71. The summed E-state index contributed by atoms with van der Waals surface area (Å²) in [6, 6.07) is 2.15. The molecule has 3 N–H and O–H groups in total. The Labute approximate surface area is 204 Å². The average Bonchev–Trinajstić information content (AvgIpc) is 3.56. The molecule has 2 aliphatic rings. The Morgan fingerprint density at radius 2 is 2.09 bits per heavy atom. The van der Waals surface area contributed by atoms with Crippen LogP contribution in [0.5, 0.6) is 5.88 Å². The van der Waals surface area contributed by atoms with Gasteiger partial charge in [-0.25, -0.2) is 18.7 Å². The number of nitrogens with one attached hydrogen (secondary N) is 1. The Hall–Kier alpha value is -3.72. The van der Waals surface area contributed by atoms with Gasteiger partial charge in [-0.05, 0) is 19.4 Å². The highest BCUT2D eigenvalue weighted by atomic mass is 32.2. The van der Waals surface area contributed by atoms with Crippen LogP contribution in [0.1, 0.15) is 29.4 Å². The lowest BCUT2D eigenvalue weighted by Gasteiger charge is -2.34. The summed E-state index contributed by atoms with van der Waals surface area (Å²) in [4.78, 5) is 39.3. The number of terminal acetylenes is 1. The molecule has 12 heteroatoms. The number of anilines is 1. The number of rotatable bonds is 6. The van der Waals surface area contributed by atoms with Gasteiger partial charge >= 0.3 is 0 Å². The monoisotopic (exact) mass is 500 g/mol.